The molecular weight excluding hydrogens is 358 g/mol. The van der Waals surface area contributed by atoms with E-state index in [2.05, 4.69) is 17.2 Å². The summed E-state index contributed by atoms with van der Waals surface area (Å²) in [6.07, 6.45) is 2.46. The fraction of sp³-hybridized carbons (Fsp3) is 0.238. The van der Waals surface area contributed by atoms with E-state index in [1.807, 2.05) is 47.0 Å². The number of anilines is 2. The van der Waals surface area contributed by atoms with Crippen molar-refractivity contribution >= 4 is 11.6 Å². The standard InChI is InChI=1S/C21H21N3O4/c1-3-15-9-17-18(28-13-27-17)10-16(15)22-21-23-20(25)19(26-2)12-24(21)11-14-7-5-4-6-8-14/h4-10,12H,3,11,13H2,1-2H3,(H,22,23,25). The molecule has 3 aromatic rings. The van der Waals surface area contributed by atoms with Crippen LogP contribution in [0.1, 0.15) is 18.1 Å². The monoisotopic (exact) mass is 379 g/mol. The molecule has 0 fully saturated rings. The average molecular weight is 379 g/mol. The predicted octanol–water partition coefficient (Wildman–Crippen LogP) is 3.33. The minimum absolute atomic E-state index is 0.197. The van der Waals surface area contributed by atoms with Gasteiger partial charge in [-0.1, -0.05) is 37.3 Å². The number of nitrogens with one attached hydrogen (secondary N) is 1. The second kappa shape index (κ2) is 7.64. The fourth-order valence-corrected chi connectivity index (χ4v) is 3.13. The largest absolute Gasteiger partial charge is 0.490 e. The zero-order valence-electron chi connectivity index (χ0n) is 15.8. The number of nitrogens with zero attached hydrogens (tertiary/aromatic N) is 2. The van der Waals surface area contributed by atoms with Gasteiger partial charge in [0.05, 0.1) is 19.9 Å². The van der Waals surface area contributed by atoms with E-state index in [0.717, 1.165) is 29.0 Å². The summed E-state index contributed by atoms with van der Waals surface area (Å²) in [5, 5.41) is 3.29. The molecule has 0 radical (unpaired) electrons. The first-order valence-corrected chi connectivity index (χ1v) is 9.07. The van der Waals surface area contributed by atoms with Crippen LogP contribution in [0.2, 0.25) is 0 Å². The molecule has 2 aromatic carbocycles. The molecule has 0 unspecified atom stereocenters. The van der Waals surface area contributed by atoms with Crippen molar-refractivity contribution in [2.45, 2.75) is 19.9 Å². The van der Waals surface area contributed by atoms with Crippen molar-refractivity contribution < 1.29 is 14.2 Å². The molecule has 7 heteroatoms. The summed E-state index contributed by atoms with van der Waals surface area (Å²) in [5.41, 5.74) is 2.53. The molecule has 4 rings (SSSR count). The Morgan fingerprint density at radius 2 is 1.93 bits per heavy atom. The van der Waals surface area contributed by atoms with Gasteiger partial charge in [0, 0.05) is 11.8 Å². The van der Waals surface area contributed by atoms with E-state index in [4.69, 9.17) is 14.2 Å². The van der Waals surface area contributed by atoms with Crippen LogP contribution in [0.15, 0.2) is 53.5 Å². The number of fused-ring (bicyclic) bond motifs is 1. The second-order valence-electron chi connectivity index (χ2n) is 6.39. The second-order valence-corrected chi connectivity index (χ2v) is 6.39. The third-order valence-corrected chi connectivity index (χ3v) is 4.60. The van der Waals surface area contributed by atoms with Gasteiger partial charge in [0.1, 0.15) is 0 Å². The Hall–Kier alpha value is -3.48. The van der Waals surface area contributed by atoms with Gasteiger partial charge in [0.2, 0.25) is 18.5 Å². The first-order valence-electron chi connectivity index (χ1n) is 9.07. The molecule has 1 aromatic heterocycles. The van der Waals surface area contributed by atoms with Gasteiger partial charge in [-0.05, 0) is 23.6 Å². The Balaban J connectivity index is 1.75. The van der Waals surface area contributed by atoms with E-state index < -0.39 is 5.56 Å². The number of methoxy groups -OCH3 is 1. The van der Waals surface area contributed by atoms with Crippen LogP contribution in [0.4, 0.5) is 11.6 Å². The normalized spacial score (nSPS) is 12.1. The molecule has 0 bridgehead atoms. The molecule has 0 saturated carbocycles. The number of benzene rings is 2. The van der Waals surface area contributed by atoms with E-state index >= 15 is 0 Å². The number of aromatic nitrogens is 2. The lowest BCUT2D eigenvalue weighted by Gasteiger charge is -2.17. The Morgan fingerprint density at radius 3 is 2.64 bits per heavy atom. The van der Waals surface area contributed by atoms with Crippen molar-refractivity contribution in [3.8, 4) is 17.2 Å². The van der Waals surface area contributed by atoms with Gasteiger partial charge in [-0.2, -0.15) is 4.98 Å². The third kappa shape index (κ3) is 3.51. The van der Waals surface area contributed by atoms with Gasteiger partial charge in [0.25, 0.3) is 0 Å². The minimum Gasteiger partial charge on any atom is -0.490 e. The van der Waals surface area contributed by atoms with Gasteiger partial charge in [-0.15, -0.1) is 0 Å². The number of hydrogen-bond acceptors (Lipinski definition) is 6. The van der Waals surface area contributed by atoms with Crippen molar-refractivity contribution in [1.82, 2.24) is 9.55 Å². The molecule has 0 aliphatic carbocycles. The zero-order valence-corrected chi connectivity index (χ0v) is 15.8. The lowest BCUT2D eigenvalue weighted by Crippen LogP contribution is -2.19. The van der Waals surface area contributed by atoms with Crippen LogP contribution in [0, 0.1) is 0 Å². The van der Waals surface area contributed by atoms with Gasteiger partial charge in [0.15, 0.2) is 11.5 Å². The topological polar surface area (TPSA) is 74.6 Å². The molecule has 28 heavy (non-hydrogen) atoms. The molecule has 7 nitrogen and oxygen atoms in total. The minimum atomic E-state index is -0.423. The Kier molecular flexibility index (Phi) is 4.89. The van der Waals surface area contributed by atoms with Crippen molar-refractivity contribution in [1.29, 1.82) is 0 Å². The molecule has 0 atom stereocenters. The number of hydrogen-bond donors (Lipinski definition) is 1. The summed E-state index contributed by atoms with van der Waals surface area (Å²) in [6, 6.07) is 13.8. The van der Waals surface area contributed by atoms with Crippen LogP contribution in [0.5, 0.6) is 17.2 Å². The van der Waals surface area contributed by atoms with E-state index in [1.54, 1.807) is 6.20 Å². The molecule has 1 N–H and O–H groups in total. The van der Waals surface area contributed by atoms with Crippen molar-refractivity contribution in [3.05, 3.63) is 70.1 Å². The van der Waals surface area contributed by atoms with E-state index in [-0.39, 0.29) is 12.5 Å². The number of rotatable bonds is 6. The van der Waals surface area contributed by atoms with Crippen LogP contribution in [0.25, 0.3) is 0 Å². The lowest BCUT2D eigenvalue weighted by molar-refractivity contribution is 0.174. The van der Waals surface area contributed by atoms with Crippen LogP contribution in [-0.4, -0.2) is 23.5 Å². The number of ether oxygens (including phenoxy) is 3. The summed E-state index contributed by atoms with van der Waals surface area (Å²) < 4.78 is 18.0. The molecular formula is C21H21N3O4. The predicted molar refractivity (Wildman–Crippen MR) is 106 cm³/mol. The van der Waals surface area contributed by atoms with Gasteiger partial charge < -0.3 is 24.1 Å². The molecule has 0 saturated heterocycles. The maximum absolute atomic E-state index is 12.3. The first kappa shape index (κ1) is 17.9. The summed E-state index contributed by atoms with van der Waals surface area (Å²) in [4.78, 5) is 16.5. The molecule has 2 heterocycles. The zero-order chi connectivity index (χ0) is 19.5. The summed E-state index contributed by atoms with van der Waals surface area (Å²) in [7, 11) is 1.46. The number of aryl methyl sites for hydroxylation is 1. The molecule has 0 spiro atoms. The van der Waals surface area contributed by atoms with Crippen LogP contribution in [-0.2, 0) is 13.0 Å². The highest BCUT2D eigenvalue weighted by molar-refractivity contribution is 5.65. The summed E-state index contributed by atoms with van der Waals surface area (Å²) in [5.74, 6) is 2.03. The molecule has 1 aliphatic rings. The van der Waals surface area contributed by atoms with E-state index in [0.29, 0.717) is 18.2 Å². The van der Waals surface area contributed by atoms with Crippen LogP contribution < -0.4 is 25.1 Å². The third-order valence-electron chi connectivity index (χ3n) is 4.60. The van der Waals surface area contributed by atoms with E-state index in [9.17, 15) is 4.79 Å². The Morgan fingerprint density at radius 1 is 1.18 bits per heavy atom. The summed E-state index contributed by atoms with van der Waals surface area (Å²) in [6.45, 7) is 2.81. The Labute approximate surface area is 162 Å². The molecule has 144 valence electrons. The average Bonchev–Trinajstić information content (AvgIpc) is 3.17. The SMILES string of the molecule is CCc1cc2c(cc1Nc1nc(=O)c(OC)cn1Cc1ccccc1)OCO2. The lowest BCUT2D eigenvalue weighted by atomic mass is 10.1. The van der Waals surface area contributed by atoms with Crippen LogP contribution in [0.3, 0.4) is 0 Å². The first-order chi connectivity index (χ1) is 13.7. The highest BCUT2D eigenvalue weighted by atomic mass is 16.7. The molecule has 1 aliphatic heterocycles. The van der Waals surface area contributed by atoms with Crippen molar-refractivity contribution in [2.24, 2.45) is 0 Å². The fourth-order valence-electron chi connectivity index (χ4n) is 3.13. The van der Waals surface area contributed by atoms with Crippen LogP contribution >= 0.6 is 0 Å². The van der Waals surface area contributed by atoms with Crippen molar-refractivity contribution in [2.75, 3.05) is 19.2 Å². The maximum atomic E-state index is 12.3. The smallest absolute Gasteiger partial charge is 0.316 e. The molecule has 0 amide bonds. The van der Waals surface area contributed by atoms with Gasteiger partial charge in [-0.25, -0.2) is 0 Å². The van der Waals surface area contributed by atoms with Gasteiger partial charge >= 0.3 is 5.56 Å². The highest BCUT2D eigenvalue weighted by Crippen LogP contribution is 2.38. The summed E-state index contributed by atoms with van der Waals surface area (Å²) >= 11 is 0. The highest BCUT2D eigenvalue weighted by Gasteiger charge is 2.18. The Bertz CT molecular complexity index is 1050. The quantitative estimate of drug-likeness (QED) is 0.708. The van der Waals surface area contributed by atoms with Gasteiger partial charge in [-0.3, -0.25) is 4.79 Å². The maximum Gasteiger partial charge on any atom is 0.316 e. The van der Waals surface area contributed by atoms with Crippen molar-refractivity contribution in [3.63, 3.8) is 0 Å². The van der Waals surface area contributed by atoms with E-state index in [1.165, 1.54) is 7.11 Å².